The van der Waals surface area contributed by atoms with Gasteiger partial charge in [-0.25, -0.2) is 0 Å². The SMILES string of the molecule is COC(=O)CSC(CC(=O)c1ccccc1)c1ccc2ccccc2c1. The quantitative estimate of drug-likeness (QED) is 0.434. The molecule has 1 atom stereocenters. The number of carbonyl (C=O) groups is 2. The fourth-order valence-electron chi connectivity index (χ4n) is 2.82. The van der Waals surface area contributed by atoms with Crippen LogP contribution in [0.3, 0.4) is 0 Å². The van der Waals surface area contributed by atoms with Crippen molar-refractivity contribution in [2.75, 3.05) is 12.9 Å². The Bertz CT molecular complexity index is 905. The zero-order valence-corrected chi connectivity index (χ0v) is 15.4. The molecule has 0 fully saturated rings. The van der Waals surface area contributed by atoms with Gasteiger partial charge in [-0.2, -0.15) is 0 Å². The number of ketones is 1. The van der Waals surface area contributed by atoms with Crippen LogP contribution in [0.2, 0.25) is 0 Å². The lowest BCUT2D eigenvalue weighted by molar-refractivity contribution is -0.137. The fourth-order valence-corrected chi connectivity index (χ4v) is 3.88. The molecule has 4 heteroatoms. The molecule has 0 aliphatic carbocycles. The van der Waals surface area contributed by atoms with Crippen molar-refractivity contribution < 1.29 is 14.3 Å². The van der Waals surface area contributed by atoms with Gasteiger partial charge in [0.25, 0.3) is 0 Å². The molecule has 0 spiro atoms. The van der Waals surface area contributed by atoms with E-state index in [1.54, 1.807) is 0 Å². The summed E-state index contributed by atoms with van der Waals surface area (Å²) in [4.78, 5) is 24.3. The molecule has 26 heavy (non-hydrogen) atoms. The number of hydrogen-bond donors (Lipinski definition) is 0. The van der Waals surface area contributed by atoms with Gasteiger partial charge < -0.3 is 4.74 Å². The number of hydrogen-bond acceptors (Lipinski definition) is 4. The maximum atomic E-state index is 12.7. The highest BCUT2D eigenvalue weighted by molar-refractivity contribution is 8.00. The van der Waals surface area contributed by atoms with E-state index in [-0.39, 0.29) is 22.8 Å². The normalized spacial score (nSPS) is 11.9. The zero-order valence-electron chi connectivity index (χ0n) is 14.6. The third-order valence-electron chi connectivity index (χ3n) is 4.24. The van der Waals surface area contributed by atoms with E-state index in [9.17, 15) is 9.59 Å². The highest BCUT2D eigenvalue weighted by atomic mass is 32.2. The van der Waals surface area contributed by atoms with Crippen LogP contribution in [0.1, 0.15) is 27.6 Å². The van der Waals surface area contributed by atoms with E-state index in [4.69, 9.17) is 4.74 Å². The summed E-state index contributed by atoms with van der Waals surface area (Å²) in [5, 5.41) is 2.18. The van der Waals surface area contributed by atoms with Crippen molar-refractivity contribution in [2.24, 2.45) is 0 Å². The number of carbonyl (C=O) groups excluding carboxylic acids is 2. The lowest BCUT2D eigenvalue weighted by atomic mass is 10.00. The minimum atomic E-state index is -0.284. The molecule has 3 aromatic rings. The molecule has 0 N–H and O–H groups in total. The van der Waals surface area contributed by atoms with Crippen LogP contribution in [0, 0.1) is 0 Å². The molecule has 0 aliphatic rings. The van der Waals surface area contributed by atoms with Crippen LogP contribution in [0.25, 0.3) is 10.8 Å². The molecule has 0 amide bonds. The van der Waals surface area contributed by atoms with Crippen molar-refractivity contribution in [3.63, 3.8) is 0 Å². The zero-order chi connectivity index (χ0) is 18.4. The highest BCUT2D eigenvalue weighted by Gasteiger charge is 2.19. The van der Waals surface area contributed by atoms with Gasteiger partial charge in [0, 0.05) is 17.2 Å². The van der Waals surface area contributed by atoms with Gasteiger partial charge in [0.1, 0.15) is 0 Å². The van der Waals surface area contributed by atoms with Crippen LogP contribution >= 0.6 is 11.8 Å². The Morgan fingerprint density at radius 3 is 2.35 bits per heavy atom. The lowest BCUT2D eigenvalue weighted by Crippen LogP contribution is -2.10. The monoisotopic (exact) mass is 364 g/mol. The minimum absolute atomic E-state index is 0.0705. The predicted molar refractivity (Wildman–Crippen MR) is 107 cm³/mol. The molecule has 0 saturated carbocycles. The summed E-state index contributed by atoms with van der Waals surface area (Å²) in [6.07, 6.45) is 0.337. The van der Waals surface area contributed by atoms with Crippen LogP contribution in [-0.4, -0.2) is 24.6 Å². The lowest BCUT2D eigenvalue weighted by Gasteiger charge is -2.17. The first-order valence-electron chi connectivity index (χ1n) is 8.43. The van der Waals surface area contributed by atoms with Gasteiger partial charge in [-0.05, 0) is 16.3 Å². The Labute approximate surface area is 157 Å². The first-order chi connectivity index (χ1) is 12.7. The molecule has 0 saturated heterocycles. The third kappa shape index (κ3) is 4.52. The van der Waals surface area contributed by atoms with Crippen LogP contribution in [0.4, 0.5) is 0 Å². The first kappa shape index (κ1) is 18.2. The number of thioether (sulfide) groups is 1. The third-order valence-corrected chi connectivity index (χ3v) is 5.49. The molecule has 0 aromatic heterocycles. The minimum Gasteiger partial charge on any atom is -0.468 e. The smallest absolute Gasteiger partial charge is 0.315 e. The number of rotatable bonds is 7. The van der Waals surface area contributed by atoms with Crippen LogP contribution in [0.5, 0.6) is 0 Å². The Morgan fingerprint density at radius 2 is 1.62 bits per heavy atom. The Balaban J connectivity index is 1.86. The van der Waals surface area contributed by atoms with E-state index >= 15 is 0 Å². The van der Waals surface area contributed by atoms with Crippen LogP contribution < -0.4 is 0 Å². The van der Waals surface area contributed by atoms with Crippen molar-refractivity contribution in [3.8, 4) is 0 Å². The van der Waals surface area contributed by atoms with Crippen molar-refractivity contribution in [1.82, 2.24) is 0 Å². The van der Waals surface area contributed by atoms with Gasteiger partial charge in [-0.1, -0.05) is 72.8 Å². The molecule has 0 heterocycles. The van der Waals surface area contributed by atoms with Crippen LogP contribution in [0.15, 0.2) is 72.8 Å². The molecule has 3 nitrogen and oxygen atoms in total. The van der Waals surface area contributed by atoms with E-state index < -0.39 is 0 Å². The molecule has 0 bridgehead atoms. The number of ether oxygens (including phenoxy) is 1. The number of Topliss-reactive ketones (excluding diaryl/α,β-unsaturated/α-hetero) is 1. The molecular weight excluding hydrogens is 344 g/mol. The fraction of sp³-hybridized carbons (Fsp3) is 0.182. The standard InChI is InChI=1S/C22H20O3S/c1-25-22(24)15-26-21(14-20(23)17-8-3-2-4-9-17)19-12-11-16-7-5-6-10-18(16)13-19/h2-13,21H,14-15H2,1H3. The van der Waals surface area contributed by atoms with Gasteiger partial charge in [0.05, 0.1) is 12.9 Å². The van der Waals surface area contributed by atoms with E-state index in [2.05, 4.69) is 24.3 Å². The number of esters is 1. The summed E-state index contributed by atoms with van der Waals surface area (Å²) in [5.74, 6) is 0.00450. The number of methoxy groups -OCH3 is 1. The summed E-state index contributed by atoms with van der Waals surface area (Å²) >= 11 is 1.44. The van der Waals surface area contributed by atoms with Gasteiger partial charge in [0.15, 0.2) is 5.78 Å². The highest BCUT2D eigenvalue weighted by Crippen LogP contribution is 2.35. The summed E-state index contributed by atoms with van der Waals surface area (Å²) in [6.45, 7) is 0. The van der Waals surface area contributed by atoms with E-state index in [1.165, 1.54) is 18.9 Å². The van der Waals surface area contributed by atoms with Crippen molar-refractivity contribution in [1.29, 1.82) is 0 Å². The maximum absolute atomic E-state index is 12.7. The average Bonchev–Trinajstić information content (AvgIpc) is 2.70. The average molecular weight is 364 g/mol. The van der Waals surface area contributed by atoms with E-state index in [0.29, 0.717) is 12.0 Å². The number of fused-ring (bicyclic) bond motifs is 1. The second-order valence-corrected chi connectivity index (χ2v) is 7.17. The van der Waals surface area contributed by atoms with Gasteiger partial charge in [0.2, 0.25) is 0 Å². The molecule has 3 rings (SSSR count). The molecular formula is C22H20O3S. The van der Waals surface area contributed by atoms with E-state index in [1.807, 2.05) is 48.5 Å². The predicted octanol–water partition coefficient (Wildman–Crippen LogP) is 5.06. The van der Waals surface area contributed by atoms with Crippen molar-refractivity contribution in [3.05, 3.63) is 83.9 Å². The second-order valence-electron chi connectivity index (χ2n) is 5.98. The van der Waals surface area contributed by atoms with Crippen LogP contribution in [-0.2, 0) is 9.53 Å². The number of benzene rings is 3. The van der Waals surface area contributed by atoms with Gasteiger partial charge in [-0.15, -0.1) is 11.8 Å². The second kappa shape index (κ2) is 8.68. The largest absolute Gasteiger partial charge is 0.468 e. The summed E-state index contributed by atoms with van der Waals surface area (Å²) in [5.41, 5.74) is 1.74. The van der Waals surface area contributed by atoms with Crippen molar-refractivity contribution >= 4 is 34.3 Å². The van der Waals surface area contributed by atoms with E-state index in [0.717, 1.165) is 16.3 Å². The van der Waals surface area contributed by atoms with Gasteiger partial charge >= 0.3 is 5.97 Å². The summed E-state index contributed by atoms with van der Waals surface area (Å²) < 4.78 is 4.75. The molecule has 0 radical (unpaired) electrons. The summed E-state index contributed by atoms with van der Waals surface area (Å²) in [6, 6.07) is 23.6. The Morgan fingerprint density at radius 1 is 0.923 bits per heavy atom. The van der Waals surface area contributed by atoms with Crippen molar-refractivity contribution in [2.45, 2.75) is 11.7 Å². The summed E-state index contributed by atoms with van der Waals surface area (Å²) in [7, 11) is 1.38. The Kier molecular flexibility index (Phi) is 6.08. The Hall–Kier alpha value is -2.59. The van der Waals surface area contributed by atoms with Gasteiger partial charge in [-0.3, -0.25) is 9.59 Å². The maximum Gasteiger partial charge on any atom is 0.315 e. The molecule has 3 aromatic carbocycles. The molecule has 132 valence electrons. The topological polar surface area (TPSA) is 43.4 Å². The first-order valence-corrected chi connectivity index (χ1v) is 9.47. The molecule has 0 aliphatic heterocycles. The molecule has 1 unspecified atom stereocenters.